The second kappa shape index (κ2) is 47.2. The number of nitrogens with zero attached hydrogens (tertiary/aromatic N) is 11. The zero-order valence-corrected chi connectivity index (χ0v) is 78.5. The molecule has 11 aromatic carbocycles. The lowest BCUT2D eigenvalue weighted by atomic mass is 9.86. The normalized spacial score (nSPS) is 14.6. The maximum Gasteiger partial charge on any atom is 0.345 e. The summed E-state index contributed by atoms with van der Waals surface area (Å²) in [5, 5.41) is 21.4. The van der Waals surface area contributed by atoms with Gasteiger partial charge in [0.2, 0.25) is 0 Å². The fraction of sp³-hybridized carbons (Fsp3) is 0.252. The molecule has 3 atom stereocenters. The van der Waals surface area contributed by atoms with Crippen molar-refractivity contribution < 1.29 is 38.1 Å². The van der Waals surface area contributed by atoms with Crippen LogP contribution in [0.1, 0.15) is 141 Å². The number of hydrogen-bond acceptors (Lipinski definition) is 18. The van der Waals surface area contributed by atoms with Gasteiger partial charge in [0, 0.05) is 98.4 Å². The zero-order chi connectivity index (χ0) is 93.4. The molecule has 3 aliphatic rings. The number of methoxy groups -OCH3 is 4. The molecule has 0 aromatic heterocycles. The Labute approximate surface area is 770 Å². The number of carbonyl (C=O) groups is 3. The summed E-state index contributed by atoms with van der Waals surface area (Å²) in [5.74, 6) is -0.301. The van der Waals surface area contributed by atoms with Gasteiger partial charge < -0.3 is 43.3 Å². The summed E-state index contributed by atoms with van der Waals surface area (Å²) in [5.41, 5.74) is 22.8. The summed E-state index contributed by atoms with van der Waals surface area (Å²) in [6.45, 7) is 22.5. The van der Waals surface area contributed by atoms with E-state index >= 15 is 0 Å². The second-order valence-corrected chi connectivity index (χ2v) is 34.1. The molecule has 0 amide bonds. The molecule has 3 unspecified atom stereocenters. The van der Waals surface area contributed by atoms with Gasteiger partial charge in [-0.25, -0.2) is 14.4 Å². The summed E-state index contributed by atoms with van der Waals surface area (Å²) in [4.78, 5) is 45.8. The fourth-order valence-electron chi connectivity index (χ4n) is 14.3. The van der Waals surface area contributed by atoms with E-state index in [1.54, 1.807) is 33.3 Å². The molecule has 0 saturated carbocycles. The van der Waals surface area contributed by atoms with Gasteiger partial charge in [-0.15, -0.1) is 0 Å². The first-order chi connectivity index (χ1) is 62.4. The summed E-state index contributed by atoms with van der Waals surface area (Å²) >= 11 is 0. The molecule has 0 fully saturated rings. The SMILES string of the molecule is CC(C)(C)c1ccc(/C=C/C2=NN(c3ccccc3)C(c3ccc(C(C)(C)C)cc3)C2)cc1.CN(C)c1ccc(/C=C/C2=NN(c3ccccc3)C(c3ccc(N(C)C)cc3)C2)cc1.COC(=O)C(=Cc1ccc(N(C)C)cc1)C(=O)OC.COc1ccc(/C=C/C2=NN(c3ccccc3)C(c3ccc(OC)cc3)C2)cc1.[C-]#[N+]/C(=C/c1ccc(N(C)C)cc1)C(=O)OCC. The van der Waals surface area contributed by atoms with E-state index in [1.807, 2.05) is 135 Å². The van der Waals surface area contributed by atoms with E-state index in [4.69, 9.17) is 36.1 Å². The third kappa shape index (κ3) is 28.1. The van der Waals surface area contributed by atoms with Crippen molar-refractivity contribution in [2.45, 2.75) is 96.7 Å². The van der Waals surface area contributed by atoms with Gasteiger partial charge in [0.25, 0.3) is 5.70 Å². The summed E-state index contributed by atoms with van der Waals surface area (Å²) < 4.78 is 24.4. The van der Waals surface area contributed by atoms with E-state index in [0.717, 1.165) is 93.0 Å². The number of allylic oxidation sites excluding steroid dienone is 3. The van der Waals surface area contributed by atoms with E-state index in [-0.39, 0.29) is 46.8 Å². The van der Waals surface area contributed by atoms with Gasteiger partial charge in [-0.3, -0.25) is 19.8 Å². The molecule has 0 spiro atoms. The van der Waals surface area contributed by atoms with Gasteiger partial charge in [-0.1, -0.05) is 236 Å². The predicted octanol–water partition coefficient (Wildman–Crippen LogP) is 23.9. The standard InChI is InChI=1S/C31H36N2.C27H30N4.C25H24N2O2.C14H16N2O2.C14H17NO4/c1-30(2,3)25-17-12-23(13-18-25)14-21-27-22-29(33(32-27)28-10-8-7-9-11-28)24-15-19-26(20-16-24)31(4,5)6;1-29(2)24-16-11-21(12-17-24)10-15-23-20-27(22-13-18-25(19-14-22)30(3)4)31(28-23)26-8-6-5-7-9-26;1-28-23-14-9-19(10-15-23)8-13-21-18-25(20-11-16-24(29-2)17-12-20)27(26-21)22-6-4-3-5-7-22;1-5-18-14(17)13(15-2)10-11-6-8-12(9-7-11)16(3)4;1-15(2)11-7-5-10(6-8-11)9-12(13(16)18-3)14(17)19-4/h7-21,29H,22H2,1-6H3;5-19,27H,20H2,1-4H3;3-17,25H,18H2,1-2H3;6-10H,5H2,1,3-4H3;5-9H,1-4H3/b21-14+;15-10+;13-8+;13-10+;. The number of rotatable bonds is 24. The van der Waals surface area contributed by atoms with E-state index in [0.29, 0.717) is 0 Å². The highest BCUT2D eigenvalue weighted by Crippen LogP contribution is 2.41. The first kappa shape index (κ1) is 97.4. The van der Waals surface area contributed by atoms with Gasteiger partial charge in [-0.05, 0) is 213 Å². The van der Waals surface area contributed by atoms with Crippen molar-refractivity contribution in [1.29, 1.82) is 0 Å². The largest absolute Gasteiger partial charge is 0.497 e. The van der Waals surface area contributed by atoms with Gasteiger partial charge in [0.05, 0.1) is 93.9 Å². The summed E-state index contributed by atoms with van der Waals surface area (Å²) in [6, 6.07) is 98.3. The van der Waals surface area contributed by atoms with Crippen LogP contribution in [0.2, 0.25) is 0 Å². The molecule has 0 N–H and O–H groups in total. The Bertz CT molecular complexity index is 5750. The molecule has 670 valence electrons. The van der Waals surface area contributed by atoms with Crippen LogP contribution in [0.25, 0.3) is 35.2 Å². The summed E-state index contributed by atoms with van der Waals surface area (Å²) in [7, 11) is 21.8. The van der Waals surface area contributed by atoms with Gasteiger partial charge in [0.1, 0.15) is 17.1 Å². The van der Waals surface area contributed by atoms with Gasteiger partial charge in [0.15, 0.2) is 0 Å². The van der Waals surface area contributed by atoms with Crippen LogP contribution >= 0.6 is 0 Å². The summed E-state index contributed by atoms with van der Waals surface area (Å²) in [6.07, 6.45) is 18.4. The smallest absolute Gasteiger partial charge is 0.345 e. The highest BCUT2D eigenvalue weighted by molar-refractivity contribution is 6.17. The fourth-order valence-corrected chi connectivity index (χ4v) is 14.3. The molecular weight excluding hydrogens is 1620 g/mol. The van der Waals surface area contributed by atoms with Crippen molar-refractivity contribution in [3.8, 4) is 11.5 Å². The second-order valence-electron chi connectivity index (χ2n) is 34.1. The van der Waals surface area contributed by atoms with Crippen LogP contribution in [0, 0.1) is 6.57 Å². The van der Waals surface area contributed by atoms with Crippen molar-refractivity contribution in [3.05, 3.63) is 382 Å². The molecule has 14 rings (SSSR count). The third-order valence-corrected chi connectivity index (χ3v) is 21.9. The van der Waals surface area contributed by atoms with Crippen LogP contribution in [-0.2, 0) is 39.4 Å². The first-order valence-corrected chi connectivity index (χ1v) is 43.5. The Kier molecular flexibility index (Phi) is 35.3. The topological polar surface area (TPSA) is 161 Å². The van der Waals surface area contributed by atoms with Crippen LogP contribution in [-0.4, -0.2) is 126 Å². The minimum absolute atomic E-state index is 0.00514. The number of anilines is 7. The zero-order valence-electron chi connectivity index (χ0n) is 78.5. The van der Waals surface area contributed by atoms with E-state index in [9.17, 15) is 14.4 Å². The van der Waals surface area contributed by atoms with Gasteiger partial charge in [-0.2, -0.15) is 15.3 Å². The van der Waals surface area contributed by atoms with Crippen molar-refractivity contribution in [3.63, 3.8) is 0 Å². The quantitative estimate of drug-likeness (QED) is 0.0140. The number of benzene rings is 11. The molecule has 3 heterocycles. The molecule has 11 aromatic rings. The Balaban J connectivity index is 0.000000172. The van der Waals surface area contributed by atoms with Crippen molar-refractivity contribution >= 4 is 105 Å². The maximum atomic E-state index is 11.5. The van der Waals surface area contributed by atoms with E-state index < -0.39 is 17.9 Å². The highest BCUT2D eigenvalue weighted by atomic mass is 16.5. The minimum Gasteiger partial charge on any atom is -0.497 e. The monoisotopic (exact) mass is 1740 g/mol. The Morgan fingerprint density at radius 2 is 0.631 bits per heavy atom. The lowest BCUT2D eigenvalue weighted by Crippen LogP contribution is -2.19. The Hall–Kier alpha value is -14.8. The average molecular weight is 1740 g/mol. The number of carbonyl (C=O) groups excluding carboxylic acids is 3. The predicted molar refractivity (Wildman–Crippen MR) is 541 cm³/mol. The Morgan fingerprint density at radius 1 is 0.362 bits per heavy atom. The van der Waals surface area contributed by atoms with Crippen LogP contribution in [0.15, 0.2) is 330 Å². The van der Waals surface area contributed by atoms with Gasteiger partial charge >= 0.3 is 17.9 Å². The molecular formula is C111H123N11O8. The lowest BCUT2D eigenvalue weighted by molar-refractivity contribution is -0.144. The van der Waals surface area contributed by atoms with Crippen molar-refractivity contribution in [2.24, 2.45) is 15.3 Å². The van der Waals surface area contributed by atoms with Crippen molar-refractivity contribution in [2.75, 3.05) is 126 Å². The molecule has 0 radical (unpaired) electrons. The molecule has 19 heteroatoms. The number of para-hydroxylation sites is 3. The molecule has 130 heavy (non-hydrogen) atoms. The average Bonchev–Trinajstić information content (AvgIpc) is 1.65. The van der Waals surface area contributed by atoms with Crippen LogP contribution in [0.3, 0.4) is 0 Å². The van der Waals surface area contributed by atoms with Crippen LogP contribution in [0.5, 0.6) is 11.5 Å². The molecule has 3 aliphatic heterocycles. The number of hydrazone groups is 3. The lowest BCUT2D eigenvalue weighted by Gasteiger charge is -2.25. The molecule has 0 saturated heterocycles. The minimum atomic E-state index is -0.719. The number of ether oxygens (including phenoxy) is 5. The van der Waals surface area contributed by atoms with Crippen LogP contribution in [0.4, 0.5) is 39.8 Å². The van der Waals surface area contributed by atoms with Crippen molar-refractivity contribution in [1.82, 2.24) is 0 Å². The van der Waals surface area contributed by atoms with E-state index in [2.05, 4.69) is 321 Å². The first-order valence-electron chi connectivity index (χ1n) is 43.5. The van der Waals surface area contributed by atoms with Crippen LogP contribution < -0.4 is 44.1 Å². The Morgan fingerprint density at radius 3 is 0.923 bits per heavy atom. The molecule has 0 bridgehead atoms. The van der Waals surface area contributed by atoms with E-state index in [1.165, 1.54) is 76.7 Å². The third-order valence-electron chi connectivity index (χ3n) is 21.9. The maximum absolute atomic E-state index is 11.5. The molecule has 0 aliphatic carbocycles. The molecule has 19 nitrogen and oxygen atoms in total. The number of hydrogen-bond donors (Lipinski definition) is 0. The number of esters is 3. The highest BCUT2D eigenvalue weighted by Gasteiger charge is 2.32.